The van der Waals surface area contributed by atoms with E-state index in [-0.39, 0.29) is 5.91 Å². The van der Waals surface area contributed by atoms with Crippen molar-refractivity contribution < 1.29 is 10.0 Å². The Hall–Kier alpha value is -1.29. The fourth-order valence-electron chi connectivity index (χ4n) is 1.08. The normalized spacial score (nSPS) is 19.7. The average molecular weight is 182 g/mol. The molecule has 2 N–H and O–H groups in total. The fraction of sp³-hybridized carbons (Fsp3) is 0.444. The number of nitrogens with one attached hydrogen (secondary N) is 1. The van der Waals surface area contributed by atoms with Gasteiger partial charge in [0.2, 0.25) is 0 Å². The second-order valence-corrected chi connectivity index (χ2v) is 2.85. The van der Waals surface area contributed by atoms with Crippen molar-refractivity contribution in [3.05, 3.63) is 24.4 Å². The molecule has 0 saturated carbocycles. The summed E-state index contributed by atoms with van der Waals surface area (Å²) in [6.45, 7) is 2.27. The molecule has 1 aliphatic rings. The number of nitrogens with zero attached hydrogens (tertiary/aromatic N) is 1. The summed E-state index contributed by atoms with van der Waals surface area (Å²) in [5.41, 5.74) is 0. The number of hydroxylamine groups is 2. The molecule has 0 bridgehead atoms. The van der Waals surface area contributed by atoms with Crippen LogP contribution in [0.4, 0.5) is 0 Å². The summed E-state index contributed by atoms with van der Waals surface area (Å²) in [7, 11) is 0. The summed E-state index contributed by atoms with van der Waals surface area (Å²) in [5, 5.41) is 12.8. The second kappa shape index (κ2) is 4.67. The number of carbonyl (C=O) groups excluding carboxylic acids is 1. The Morgan fingerprint density at radius 2 is 2.38 bits per heavy atom. The van der Waals surface area contributed by atoms with Crippen LogP contribution in [-0.4, -0.2) is 28.8 Å². The predicted octanol–water partition coefficient (Wildman–Crippen LogP) is 0.656. The zero-order valence-corrected chi connectivity index (χ0v) is 7.60. The molecule has 0 spiro atoms. The predicted molar refractivity (Wildman–Crippen MR) is 49.0 cm³/mol. The lowest BCUT2D eigenvalue weighted by atomic mass is 10.2. The molecule has 4 heteroatoms. The molecule has 0 aromatic carbocycles. The zero-order chi connectivity index (χ0) is 9.68. The van der Waals surface area contributed by atoms with Crippen LogP contribution in [0.2, 0.25) is 0 Å². The van der Waals surface area contributed by atoms with Gasteiger partial charge in [-0.25, -0.2) is 5.06 Å². The number of hydrogen-bond acceptors (Lipinski definition) is 3. The number of carbonyl (C=O) groups is 1. The standard InChI is InChI=1S/C9H14N2O2/c1-2-7-11(13)9(12)8-5-3-4-6-10-8/h3-6,8,10,13H,2,7H2,1H3. The highest BCUT2D eigenvalue weighted by molar-refractivity contribution is 5.83. The molecule has 1 atom stereocenters. The van der Waals surface area contributed by atoms with E-state index in [4.69, 9.17) is 0 Å². The lowest BCUT2D eigenvalue weighted by Gasteiger charge is -2.20. The van der Waals surface area contributed by atoms with Crippen molar-refractivity contribution in [3.63, 3.8) is 0 Å². The van der Waals surface area contributed by atoms with Crippen LogP contribution >= 0.6 is 0 Å². The molecule has 0 aromatic heterocycles. The molecule has 1 unspecified atom stereocenters. The SMILES string of the molecule is CCCN(O)C(=O)C1C=CC=CN1. The Bertz CT molecular complexity index is 236. The first-order valence-corrected chi connectivity index (χ1v) is 4.35. The minimum Gasteiger partial charge on any atom is -0.376 e. The van der Waals surface area contributed by atoms with E-state index in [2.05, 4.69) is 5.32 Å². The van der Waals surface area contributed by atoms with Crippen molar-refractivity contribution in [2.75, 3.05) is 6.54 Å². The maximum Gasteiger partial charge on any atom is 0.272 e. The molecule has 13 heavy (non-hydrogen) atoms. The Balaban J connectivity index is 2.47. The Morgan fingerprint density at radius 3 is 2.92 bits per heavy atom. The van der Waals surface area contributed by atoms with Crippen LogP contribution in [0.3, 0.4) is 0 Å². The average Bonchev–Trinajstić information content (AvgIpc) is 2.18. The topological polar surface area (TPSA) is 52.6 Å². The highest BCUT2D eigenvalue weighted by Crippen LogP contribution is 1.99. The summed E-state index contributed by atoms with van der Waals surface area (Å²) in [5.74, 6) is -0.317. The van der Waals surface area contributed by atoms with Gasteiger partial charge in [0.05, 0.1) is 0 Å². The van der Waals surface area contributed by atoms with Gasteiger partial charge in [0.1, 0.15) is 6.04 Å². The van der Waals surface area contributed by atoms with E-state index < -0.39 is 6.04 Å². The van der Waals surface area contributed by atoms with Gasteiger partial charge in [0.25, 0.3) is 5.91 Å². The van der Waals surface area contributed by atoms with Gasteiger partial charge in [-0.05, 0) is 18.7 Å². The largest absolute Gasteiger partial charge is 0.376 e. The molecule has 4 nitrogen and oxygen atoms in total. The molecule has 0 aromatic rings. The molecule has 0 aliphatic carbocycles. The van der Waals surface area contributed by atoms with Crippen molar-refractivity contribution in [2.45, 2.75) is 19.4 Å². The third-order valence-electron chi connectivity index (χ3n) is 1.74. The first-order valence-electron chi connectivity index (χ1n) is 4.35. The number of rotatable bonds is 3. The van der Waals surface area contributed by atoms with Gasteiger partial charge in [-0.2, -0.15) is 0 Å². The van der Waals surface area contributed by atoms with Crippen LogP contribution in [-0.2, 0) is 4.79 Å². The lowest BCUT2D eigenvalue weighted by Crippen LogP contribution is -2.43. The number of hydrogen-bond donors (Lipinski definition) is 2. The van der Waals surface area contributed by atoms with E-state index in [1.54, 1.807) is 24.4 Å². The van der Waals surface area contributed by atoms with E-state index in [9.17, 15) is 10.0 Å². The van der Waals surface area contributed by atoms with Gasteiger partial charge >= 0.3 is 0 Å². The molecular weight excluding hydrogens is 168 g/mol. The van der Waals surface area contributed by atoms with Crippen LogP contribution < -0.4 is 5.32 Å². The highest BCUT2D eigenvalue weighted by Gasteiger charge is 2.19. The first kappa shape index (κ1) is 9.80. The van der Waals surface area contributed by atoms with Crippen LogP contribution in [0.1, 0.15) is 13.3 Å². The van der Waals surface area contributed by atoms with Crippen LogP contribution in [0.25, 0.3) is 0 Å². The van der Waals surface area contributed by atoms with Crippen LogP contribution in [0.15, 0.2) is 24.4 Å². The molecule has 0 saturated heterocycles. The van der Waals surface area contributed by atoms with E-state index in [0.29, 0.717) is 6.54 Å². The van der Waals surface area contributed by atoms with Gasteiger partial charge in [-0.1, -0.05) is 19.1 Å². The lowest BCUT2D eigenvalue weighted by molar-refractivity contribution is -0.166. The molecule has 1 aliphatic heterocycles. The Labute approximate surface area is 77.5 Å². The second-order valence-electron chi connectivity index (χ2n) is 2.85. The van der Waals surface area contributed by atoms with Crippen molar-refractivity contribution >= 4 is 5.91 Å². The molecule has 0 radical (unpaired) electrons. The van der Waals surface area contributed by atoms with E-state index in [1.807, 2.05) is 6.92 Å². The van der Waals surface area contributed by atoms with Crippen molar-refractivity contribution in [3.8, 4) is 0 Å². The summed E-state index contributed by atoms with van der Waals surface area (Å²) in [6, 6.07) is -0.429. The van der Waals surface area contributed by atoms with Gasteiger partial charge in [-0.15, -0.1) is 0 Å². The molecule has 1 amide bonds. The monoisotopic (exact) mass is 182 g/mol. The Morgan fingerprint density at radius 1 is 1.62 bits per heavy atom. The zero-order valence-electron chi connectivity index (χ0n) is 7.60. The molecular formula is C9H14N2O2. The van der Waals surface area contributed by atoms with Gasteiger partial charge in [0, 0.05) is 6.54 Å². The number of amides is 1. The summed E-state index contributed by atoms with van der Waals surface area (Å²) in [6.07, 6.45) is 7.71. The van der Waals surface area contributed by atoms with Crippen LogP contribution in [0, 0.1) is 0 Å². The Kier molecular flexibility index (Phi) is 3.52. The molecule has 1 heterocycles. The minimum absolute atomic E-state index is 0.317. The summed E-state index contributed by atoms with van der Waals surface area (Å²) < 4.78 is 0. The number of allylic oxidation sites excluding steroid dienone is 2. The maximum atomic E-state index is 11.4. The highest BCUT2D eigenvalue weighted by atomic mass is 16.5. The number of dihydropyridines is 1. The van der Waals surface area contributed by atoms with E-state index >= 15 is 0 Å². The fourth-order valence-corrected chi connectivity index (χ4v) is 1.08. The molecule has 1 rings (SSSR count). The van der Waals surface area contributed by atoms with Gasteiger partial charge in [-0.3, -0.25) is 10.0 Å². The van der Waals surface area contributed by atoms with E-state index in [1.165, 1.54) is 0 Å². The molecule has 0 fully saturated rings. The summed E-state index contributed by atoms with van der Waals surface area (Å²) in [4.78, 5) is 11.4. The van der Waals surface area contributed by atoms with Crippen molar-refractivity contribution in [2.24, 2.45) is 0 Å². The van der Waals surface area contributed by atoms with Crippen molar-refractivity contribution in [1.29, 1.82) is 0 Å². The third kappa shape index (κ3) is 2.59. The minimum atomic E-state index is -0.429. The maximum absolute atomic E-state index is 11.4. The molecule has 72 valence electrons. The van der Waals surface area contributed by atoms with Gasteiger partial charge < -0.3 is 5.32 Å². The van der Waals surface area contributed by atoms with Crippen molar-refractivity contribution in [1.82, 2.24) is 10.4 Å². The summed E-state index contributed by atoms with van der Waals surface area (Å²) >= 11 is 0. The first-order chi connectivity index (χ1) is 6.25. The quantitative estimate of drug-likeness (QED) is 0.498. The van der Waals surface area contributed by atoms with Crippen LogP contribution in [0.5, 0.6) is 0 Å². The smallest absolute Gasteiger partial charge is 0.272 e. The van der Waals surface area contributed by atoms with Gasteiger partial charge in [0.15, 0.2) is 0 Å². The third-order valence-corrected chi connectivity index (χ3v) is 1.74. The van der Waals surface area contributed by atoms with E-state index in [0.717, 1.165) is 11.5 Å².